The Morgan fingerprint density at radius 3 is 2.88 bits per heavy atom. The van der Waals surface area contributed by atoms with E-state index in [4.69, 9.17) is 5.11 Å². The lowest BCUT2D eigenvalue weighted by atomic mass is 10.3. The van der Waals surface area contributed by atoms with Gasteiger partial charge in [0.2, 0.25) is 5.91 Å². The zero-order chi connectivity index (χ0) is 12.3. The first-order chi connectivity index (χ1) is 8.16. The van der Waals surface area contributed by atoms with E-state index >= 15 is 0 Å². The molecule has 2 N–H and O–H groups in total. The van der Waals surface area contributed by atoms with E-state index in [1.54, 1.807) is 12.3 Å². The molecule has 1 aromatic rings. The fraction of sp³-hybridized carbons (Fsp3) is 0.500. The molecule has 5 heteroatoms. The van der Waals surface area contributed by atoms with Crippen molar-refractivity contribution in [1.82, 2.24) is 9.88 Å². The van der Waals surface area contributed by atoms with Gasteiger partial charge in [-0.3, -0.25) is 4.79 Å². The minimum atomic E-state index is -1.01. The Morgan fingerprint density at radius 2 is 2.24 bits per heavy atom. The van der Waals surface area contributed by atoms with E-state index in [1.165, 1.54) is 23.5 Å². The van der Waals surface area contributed by atoms with E-state index in [9.17, 15) is 9.59 Å². The van der Waals surface area contributed by atoms with Gasteiger partial charge in [0.25, 0.3) is 0 Å². The molecule has 0 atom stereocenters. The molecule has 1 amide bonds. The second-order valence-electron chi connectivity index (χ2n) is 4.41. The van der Waals surface area contributed by atoms with Gasteiger partial charge in [-0.1, -0.05) is 12.8 Å². The Balaban J connectivity index is 1.79. The van der Waals surface area contributed by atoms with Crippen LogP contribution in [0.5, 0.6) is 0 Å². The third-order valence-electron chi connectivity index (χ3n) is 2.93. The minimum absolute atomic E-state index is 0.0687. The number of rotatable bonds is 6. The highest BCUT2D eigenvalue weighted by atomic mass is 16.4. The van der Waals surface area contributed by atoms with E-state index in [-0.39, 0.29) is 18.1 Å². The van der Waals surface area contributed by atoms with E-state index in [2.05, 4.69) is 5.32 Å². The average Bonchev–Trinajstić information content (AvgIpc) is 2.96. The molecular weight excluding hydrogens is 220 g/mol. The molecule has 0 aliphatic heterocycles. The number of nitrogens with one attached hydrogen (secondary N) is 1. The second-order valence-corrected chi connectivity index (χ2v) is 4.41. The Bertz CT molecular complexity index is 421. The second kappa shape index (κ2) is 5.03. The van der Waals surface area contributed by atoms with E-state index < -0.39 is 5.97 Å². The van der Waals surface area contributed by atoms with Gasteiger partial charge in [-0.15, -0.1) is 0 Å². The summed E-state index contributed by atoms with van der Waals surface area (Å²) in [5.74, 6) is -0.360. The minimum Gasteiger partial charge on any atom is -0.477 e. The number of amides is 1. The largest absolute Gasteiger partial charge is 0.477 e. The topological polar surface area (TPSA) is 71.3 Å². The maximum absolute atomic E-state index is 11.6. The maximum Gasteiger partial charge on any atom is 0.352 e. The molecule has 0 unspecified atom stereocenters. The van der Waals surface area contributed by atoms with Crippen LogP contribution in [-0.4, -0.2) is 28.1 Å². The van der Waals surface area contributed by atoms with Crippen molar-refractivity contribution in [3.8, 4) is 0 Å². The number of carboxylic acid groups (broad SMARTS) is 1. The van der Waals surface area contributed by atoms with Crippen LogP contribution in [0.1, 0.15) is 29.8 Å². The van der Waals surface area contributed by atoms with E-state index in [0.29, 0.717) is 6.54 Å². The maximum atomic E-state index is 11.6. The summed E-state index contributed by atoms with van der Waals surface area (Å²) >= 11 is 0. The highest BCUT2D eigenvalue weighted by Crippen LogP contribution is 2.31. The predicted octanol–water partition coefficient (Wildman–Crippen LogP) is 1.10. The van der Waals surface area contributed by atoms with Crippen molar-refractivity contribution in [2.45, 2.75) is 25.8 Å². The molecule has 92 valence electrons. The molecule has 17 heavy (non-hydrogen) atoms. The summed E-state index contributed by atoms with van der Waals surface area (Å²) in [6.07, 6.45) is 5.18. The first kappa shape index (κ1) is 11.7. The van der Waals surface area contributed by atoms with Crippen LogP contribution < -0.4 is 5.32 Å². The lowest BCUT2D eigenvalue weighted by Gasteiger charge is -2.07. The van der Waals surface area contributed by atoms with Crippen LogP contribution in [-0.2, 0) is 11.3 Å². The van der Waals surface area contributed by atoms with Gasteiger partial charge in [0.05, 0.1) is 0 Å². The Kier molecular flexibility index (Phi) is 3.46. The molecule has 0 spiro atoms. The van der Waals surface area contributed by atoms with E-state index in [1.807, 2.05) is 0 Å². The van der Waals surface area contributed by atoms with Crippen LogP contribution in [0.15, 0.2) is 18.3 Å². The van der Waals surface area contributed by atoms with Crippen molar-refractivity contribution >= 4 is 11.9 Å². The normalized spacial score (nSPS) is 14.6. The Morgan fingerprint density at radius 1 is 1.47 bits per heavy atom. The summed E-state index contributed by atoms with van der Waals surface area (Å²) in [6.45, 7) is 0.756. The summed E-state index contributed by atoms with van der Waals surface area (Å²) < 4.78 is 1.44. The fourth-order valence-electron chi connectivity index (χ4n) is 1.78. The molecule has 0 bridgehead atoms. The van der Waals surface area contributed by atoms with Crippen LogP contribution in [0.4, 0.5) is 0 Å². The zero-order valence-corrected chi connectivity index (χ0v) is 9.56. The number of hydrogen-bond acceptors (Lipinski definition) is 2. The first-order valence-electron chi connectivity index (χ1n) is 5.82. The summed E-state index contributed by atoms with van der Waals surface area (Å²) in [4.78, 5) is 22.4. The van der Waals surface area contributed by atoms with Crippen LogP contribution in [0.25, 0.3) is 0 Å². The number of carbonyl (C=O) groups is 2. The lowest BCUT2D eigenvalue weighted by molar-refractivity contribution is -0.121. The number of carboxylic acids is 1. The molecule has 1 aromatic heterocycles. The van der Waals surface area contributed by atoms with E-state index in [0.717, 1.165) is 12.3 Å². The highest BCUT2D eigenvalue weighted by Gasteiger charge is 2.20. The molecule has 1 fully saturated rings. The predicted molar refractivity (Wildman–Crippen MR) is 61.7 cm³/mol. The first-order valence-corrected chi connectivity index (χ1v) is 5.82. The SMILES string of the molecule is O=C(Cn1cccc1C(=O)O)NCCC1CC1. The molecule has 0 radical (unpaired) electrons. The number of nitrogens with zero attached hydrogens (tertiary/aromatic N) is 1. The standard InChI is InChI=1S/C12H16N2O3/c15-11(13-6-5-9-3-4-9)8-14-7-1-2-10(14)12(16)17/h1-2,7,9H,3-6,8H2,(H,13,15)(H,16,17). The highest BCUT2D eigenvalue weighted by molar-refractivity contribution is 5.86. The summed E-state index contributed by atoms with van der Waals surface area (Å²) in [5, 5.41) is 11.7. The molecule has 0 aromatic carbocycles. The van der Waals surface area contributed by atoms with Crippen molar-refractivity contribution < 1.29 is 14.7 Å². The molecule has 0 saturated heterocycles. The van der Waals surface area contributed by atoms with Gasteiger partial charge in [-0.2, -0.15) is 0 Å². The molecule has 5 nitrogen and oxygen atoms in total. The molecule has 1 aliphatic rings. The Labute approximate surface area is 99.4 Å². The van der Waals surface area contributed by atoms with Crippen molar-refractivity contribution in [3.63, 3.8) is 0 Å². The molecule has 2 rings (SSSR count). The molecule has 1 aliphatic carbocycles. The third kappa shape index (κ3) is 3.34. The van der Waals surface area contributed by atoms with Gasteiger partial charge in [0.15, 0.2) is 0 Å². The smallest absolute Gasteiger partial charge is 0.352 e. The number of carbonyl (C=O) groups excluding carboxylic acids is 1. The number of hydrogen-bond donors (Lipinski definition) is 2. The molecule has 1 heterocycles. The van der Waals surface area contributed by atoms with Crippen molar-refractivity contribution in [2.75, 3.05) is 6.54 Å². The quantitative estimate of drug-likeness (QED) is 0.777. The summed E-state index contributed by atoms with van der Waals surface area (Å²) in [6, 6.07) is 3.11. The van der Waals surface area contributed by atoms with Crippen molar-refractivity contribution in [2.24, 2.45) is 5.92 Å². The fourth-order valence-corrected chi connectivity index (χ4v) is 1.78. The van der Waals surface area contributed by atoms with Gasteiger partial charge < -0.3 is 15.0 Å². The van der Waals surface area contributed by atoms with Gasteiger partial charge in [-0.25, -0.2) is 4.79 Å². The lowest BCUT2D eigenvalue weighted by Crippen LogP contribution is -2.29. The average molecular weight is 236 g/mol. The summed E-state index contributed by atoms with van der Waals surface area (Å²) in [5.41, 5.74) is 0.141. The van der Waals surface area contributed by atoms with Gasteiger partial charge in [-0.05, 0) is 24.5 Å². The number of aromatic nitrogens is 1. The van der Waals surface area contributed by atoms with Gasteiger partial charge in [0, 0.05) is 12.7 Å². The number of aromatic carboxylic acids is 1. The summed E-state index contributed by atoms with van der Waals surface area (Å²) in [7, 11) is 0. The zero-order valence-electron chi connectivity index (χ0n) is 9.56. The monoisotopic (exact) mass is 236 g/mol. The van der Waals surface area contributed by atoms with Crippen LogP contribution in [0, 0.1) is 5.92 Å². The third-order valence-corrected chi connectivity index (χ3v) is 2.93. The Hall–Kier alpha value is -1.78. The van der Waals surface area contributed by atoms with Gasteiger partial charge >= 0.3 is 5.97 Å². The van der Waals surface area contributed by atoms with Crippen molar-refractivity contribution in [3.05, 3.63) is 24.0 Å². The van der Waals surface area contributed by atoms with Crippen LogP contribution in [0.2, 0.25) is 0 Å². The molecular formula is C12H16N2O3. The van der Waals surface area contributed by atoms with Crippen LogP contribution >= 0.6 is 0 Å². The van der Waals surface area contributed by atoms with Gasteiger partial charge in [0.1, 0.15) is 12.2 Å². The molecule has 1 saturated carbocycles. The van der Waals surface area contributed by atoms with Crippen LogP contribution in [0.3, 0.4) is 0 Å². The van der Waals surface area contributed by atoms with Crippen molar-refractivity contribution in [1.29, 1.82) is 0 Å².